The zero-order chi connectivity index (χ0) is 9.26. The van der Waals surface area contributed by atoms with Crippen molar-refractivity contribution >= 4 is 26.7 Å². The van der Waals surface area contributed by atoms with Crippen LogP contribution >= 0.6 is 15.9 Å². The van der Waals surface area contributed by atoms with Crippen LogP contribution < -0.4 is 0 Å². The minimum absolute atomic E-state index is 1.16. The molecule has 0 amide bonds. The van der Waals surface area contributed by atoms with Gasteiger partial charge >= 0.3 is 0 Å². The first-order valence-corrected chi connectivity index (χ1v) is 5.09. The molecule has 0 unspecified atom stereocenters. The summed E-state index contributed by atoms with van der Waals surface area (Å²) in [7, 11) is 0. The summed E-state index contributed by atoms with van der Waals surface area (Å²) < 4.78 is 1.16. The molecule has 2 aromatic rings. The maximum absolute atomic E-state index is 3.55. The Kier molecular flexibility index (Phi) is 2.36. The number of hydrogen-bond acceptors (Lipinski definition) is 0. The van der Waals surface area contributed by atoms with Gasteiger partial charge in [-0.2, -0.15) is 0 Å². The number of rotatable bonds is 1. The summed E-state index contributed by atoms with van der Waals surface area (Å²) in [6.45, 7) is 2.06. The molecule has 0 heterocycles. The zero-order valence-corrected chi connectivity index (χ0v) is 9.01. The molecule has 65 valence electrons. The minimum Gasteiger partial charge on any atom is -0.0616 e. The second-order valence-electron chi connectivity index (χ2n) is 2.97. The molecule has 1 heteroatoms. The average Bonchev–Trinajstić information content (AvgIpc) is 2.18. The standard InChI is InChI=1S/C12H10Br/c1-2-10-11-6-4-3-5-9(11)7-8-12(10)13/h2-8H,1H3. The largest absolute Gasteiger partial charge is 0.0616 e. The SMILES string of the molecule is C[CH]c1c(Br)ccc2ccccc12. The molecule has 0 saturated carbocycles. The van der Waals surface area contributed by atoms with E-state index in [0.717, 1.165) is 4.47 Å². The molecule has 0 aromatic heterocycles. The average molecular weight is 234 g/mol. The van der Waals surface area contributed by atoms with Crippen LogP contribution in [0, 0.1) is 6.42 Å². The maximum atomic E-state index is 3.55. The molecule has 0 aliphatic heterocycles. The Balaban J connectivity index is 2.84. The summed E-state index contributed by atoms with van der Waals surface area (Å²) in [4.78, 5) is 0. The number of hydrogen-bond donors (Lipinski definition) is 0. The molecule has 0 atom stereocenters. The van der Waals surface area contributed by atoms with Gasteiger partial charge in [0.25, 0.3) is 0 Å². The van der Waals surface area contributed by atoms with Crippen LogP contribution in [-0.4, -0.2) is 0 Å². The normalized spacial score (nSPS) is 10.6. The Bertz CT molecular complexity index is 432. The molecule has 0 nitrogen and oxygen atoms in total. The van der Waals surface area contributed by atoms with E-state index in [0.29, 0.717) is 0 Å². The molecule has 0 aliphatic carbocycles. The van der Waals surface area contributed by atoms with Crippen LogP contribution in [0.2, 0.25) is 0 Å². The molecule has 1 radical (unpaired) electrons. The van der Waals surface area contributed by atoms with Crippen molar-refractivity contribution in [3.05, 3.63) is 52.9 Å². The van der Waals surface area contributed by atoms with Crippen LogP contribution in [0.3, 0.4) is 0 Å². The summed E-state index contributed by atoms with van der Waals surface area (Å²) in [6.07, 6.45) is 2.13. The van der Waals surface area contributed by atoms with Gasteiger partial charge in [0.2, 0.25) is 0 Å². The van der Waals surface area contributed by atoms with Crippen molar-refractivity contribution in [3.63, 3.8) is 0 Å². The fourth-order valence-corrected chi connectivity index (χ4v) is 2.14. The third-order valence-corrected chi connectivity index (χ3v) is 2.90. The molecule has 0 spiro atoms. The van der Waals surface area contributed by atoms with Crippen LogP contribution in [0.5, 0.6) is 0 Å². The first-order valence-electron chi connectivity index (χ1n) is 4.29. The van der Waals surface area contributed by atoms with Gasteiger partial charge in [-0.15, -0.1) is 0 Å². The highest BCUT2D eigenvalue weighted by atomic mass is 79.9. The predicted molar refractivity (Wildman–Crippen MR) is 60.7 cm³/mol. The first-order chi connectivity index (χ1) is 6.33. The van der Waals surface area contributed by atoms with Crippen molar-refractivity contribution in [3.8, 4) is 0 Å². The van der Waals surface area contributed by atoms with Gasteiger partial charge in [0, 0.05) is 4.47 Å². The van der Waals surface area contributed by atoms with Crippen LogP contribution in [-0.2, 0) is 0 Å². The summed E-state index contributed by atoms with van der Waals surface area (Å²) in [5, 5.41) is 2.60. The lowest BCUT2D eigenvalue weighted by atomic mass is 10.0. The minimum atomic E-state index is 1.16. The van der Waals surface area contributed by atoms with E-state index in [1.165, 1.54) is 16.3 Å². The highest BCUT2D eigenvalue weighted by molar-refractivity contribution is 9.10. The second-order valence-corrected chi connectivity index (χ2v) is 3.83. The molecule has 0 saturated heterocycles. The Labute approximate surface area is 86.7 Å². The van der Waals surface area contributed by atoms with E-state index in [4.69, 9.17) is 0 Å². The number of benzene rings is 2. The van der Waals surface area contributed by atoms with E-state index < -0.39 is 0 Å². The second kappa shape index (κ2) is 3.51. The lowest BCUT2D eigenvalue weighted by molar-refractivity contribution is 1.43. The van der Waals surface area contributed by atoms with Crippen LogP contribution in [0.1, 0.15) is 12.5 Å². The topological polar surface area (TPSA) is 0 Å². The Morgan fingerprint density at radius 1 is 1.08 bits per heavy atom. The van der Waals surface area contributed by atoms with Crippen molar-refractivity contribution in [2.45, 2.75) is 6.92 Å². The lowest BCUT2D eigenvalue weighted by Crippen LogP contribution is -1.83. The highest BCUT2D eigenvalue weighted by Gasteiger charge is 2.02. The van der Waals surface area contributed by atoms with Crippen molar-refractivity contribution in [1.29, 1.82) is 0 Å². The summed E-state index contributed by atoms with van der Waals surface area (Å²) in [5.74, 6) is 0. The molecule has 0 bridgehead atoms. The van der Waals surface area contributed by atoms with Gasteiger partial charge in [-0.3, -0.25) is 0 Å². The Morgan fingerprint density at radius 3 is 2.62 bits per heavy atom. The third kappa shape index (κ3) is 1.49. The molecule has 0 fully saturated rings. The molecular weight excluding hydrogens is 224 g/mol. The van der Waals surface area contributed by atoms with Crippen LogP contribution in [0.4, 0.5) is 0 Å². The molecular formula is C12H10Br. The van der Waals surface area contributed by atoms with Gasteiger partial charge in [0.1, 0.15) is 0 Å². The van der Waals surface area contributed by atoms with Crippen molar-refractivity contribution < 1.29 is 0 Å². The summed E-state index contributed by atoms with van der Waals surface area (Å²) >= 11 is 3.55. The number of fused-ring (bicyclic) bond motifs is 1. The smallest absolute Gasteiger partial charge is 0.0216 e. The van der Waals surface area contributed by atoms with E-state index in [2.05, 4.69) is 65.7 Å². The Morgan fingerprint density at radius 2 is 1.85 bits per heavy atom. The summed E-state index contributed by atoms with van der Waals surface area (Å²) in [5.41, 5.74) is 1.28. The lowest BCUT2D eigenvalue weighted by Gasteiger charge is -2.05. The number of halogens is 1. The molecule has 0 aliphatic rings. The van der Waals surface area contributed by atoms with Gasteiger partial charge in [-0.1, -0.05) is 53.2 Å². The van der Waals surface area contributed by atoms with Crippen LogP contribution in [0.15, 0.2) is 40.9 Å². The van der Waals surface area contributed by atoms with Gasteiger partial charge in [-0.05, 0) is 28.8 Å². The van der Waals surface area contributed by atoms with Gasteiger partial charge < -0.3 is 0 Å². The van der Waals surface area contributed by atoms with Crippen LogP contribution in [0.25, 0.3) is 10.8 Å². The molecule has 2 rings (SSSR count). The fraction of sp³-hybridized carbons (Fsp3) is 0.0833. The van der Waals surface area contributed by atoms with E-state index >= 15 is 0 Å². The van der Waals surface area contributed by atoms with Gasteiger partial charge in [-0.25, -0.2) is 0 Å². The molecule has 2 aromatic carbocycles. The summed E-state index contributed by atoms with van der Waals surface area (Å²) in [6, 6.07) is 12.6. The van der Waals surface area contributed by atoms with Crippen molar-refractivity contribution in [1.82, 2.24) is 0 Å². The van der Waals surface area contributed by atoms with Crippen molar-refractivity contribution in [2.75, 3.05) is 0 Å². The van der Waals surface area contributed by atoms with E-state index in [1.807, 2.05) is 0 Å². The quantitative estimate of drug-likeness (QED) is 0.694. The Hall–Kier alpha value is -0.820. The fourth-order valence-electron chi connectivity index (χ4n) is 1.56. The first kappa shape index (κ1) is 8.76. The zero-order valence-electron chi connectivity index (χ0n) is 7.42. The maximum Gasteiger partial charge on any atom is 0.0216 e. The predicted octanol–water partition coefficient (Wildman–Crippen LogP) is 4.17. The van der Waals surface area contributed by atoms with E-state index in [-0.39, 0.29) is 0 Å². The molecule has 0 N–H and O–H groups in total. The van der Waals surface area contributed by atoms with E-state index in [9.17, 15) is 0 Å². The highest BCUT2D eigenvalue weighted by Crippen LogP contribution is 2.27. The third-order valence-electron chi connectivity index (χ3n) is 2.21. The van der Waals surface area contributed by atoms with E-state index in [1.54, 1.807) is 0 Å². The van der Waals surface area contributed by atoms with Gasteiger partial charge in [0.05, 0.1) is 0 Å². The van der Waals surface area contributed by atoms with Crippen molar-refractivity contribution in [2.24, 2.45) is 0 Å². The van der Waals surface area contributed by atoms with Gasteiger partial charge in [0.15, 0.2) is 0 Å². The monoisotopic (exact) mass is 233 g/mol. The molecule has 13 heavy (non-hydrogen) atoms.